The molecule has 116 valence electrons. The molecule has 1 heterocycles. The highest BCUT2D eigenvalue weighted by Gasteiger charge is 2.32. The number of halogens is 3. The summed E-state index contributed by atoms with van der Waals surface area (Å²) in [5.74, 6) is -0.913. The van der Waals surface area contributed by atoms with Gasteiger partial charge in [-0.25, -0.2) is 0 Å². The molecule has 21 heavy (non-hydrogen) atoms. The summed E-state index contributed by atoms with van der Waals surface area (Å²) >= 11 is 0. The van der Waals surface area contributed by atoms with Crippen molar-refractivity contribution in [2.75, 3.05) is 25.5 Å². The molecule has 0 aliphatic carbocycles. The van der Waals surface area contributed by atoms with Gasteiger partial charge in [-0.2, -0.15) is 13.2 Å². The van der Waals surface area contributed by atoms with E-state index in [1.807, 2.05) is 0 Å². The maximum atomic E-state index is 12.7. The van der Waals surface area contributed by atoms with Gasteiger partial charge in [0.25, 0.3) is 5.91 Å². The van der Waals surface area contributed by atoms with E-state index in [4.69, 9.17) is 10.5 Å². The number of carbonyl (C=O) groups is 1. The van der Waals surface area contributed by atoms with Crippen molar-refractivity contribution in [2.24, 2.45) is 5.73 Å². The molecular formula is C13H16F3N3O2. The van der Waals surface area contributed by atoms with Crippen LogP contribution in [0.15, 0.2) is 18.2 Å². The van der Waals surface area contributed by atoms with Crippen molar-refractivity contribution in [3.05, 3.63) is 29.3 Å². The third-order valence-electron chi connectivity index (χ3n) is 3.41. The maximum absolute atomic E-state index is 12.7. The first kappa shape index (κ1) is 15.6. The van der Waals surface area contributed by atoms with Crippen LogP contribution in [0.4, 0.5) is 18.9 Å². The normalized spacial score (nSPS) is 22.3. The standard InChI is InChI=1S/C13H16F3N3O2/c1-21-11-6-18-5-10(11)19-9-3-2-7(13(14,15)16)4-8(9)12(17)20/h2-4,10-11,18-19H,5-6H2,1H3,(H2,17,20)/t10?,11-/m0/s1. The number of nitrogens with one attached hydrogen (secondary N) is 2. The third kappa shape index (κ3) is 3.45. The lowest BCUT2D eigenvalue weighted by Crippen LogP contribution is -2.34. The first-order valence-corrected chi connectivity index (χ1v) is 6.34. The topological polar surface area (TPSA) is 76.4 Å². The van der Waals surface area contributed by atoms with Crippen LogP contribution in [-0.4, -0.2) is 38.3 Å². The second kappa shape index (κ2) is 5.90. The zero-order valence-electron chi connectivity index (χ0n) is 11.3. The lowest BCUT2D eigenvalue weighted by Gasteiger charge is -2.21. The van der Waals surface area contributed by atoms with E-state index in [0.29, 0.717) is 13.1 Å². The summed E-state index contributed by atoms with van der Waals surface area (Å²) in [6.45, 7) is 1.21. The van der Waals surface area contributed by atoms with E-state index in [2.05, 4.69) is 10.6 Å². The molecule has 0 saturated carbocycles. The van der Waals surface area contributed by atoms with E-state index in [1.165, 1.54) is 6.07 Å². The lowest BCUT2D eigenvalue weighted by atomic mass is 10.1. The van der Waals surface area contributed by atoms with E-state index in [0.717, 1.165) is 12.1 Å². The van der Waals surface area contributed by atoms with Crippen molar-refractivity contribution >= 4 is 11.6 Å². The van der Waals surface area contributed by atoms with Crippen LogP contribution in [-0.2, 0) is 10.9 Å². The minimum atomic E-state index is -4.52. The number of methoxy groups -OCH3 is 1. The molecule has 5 nitrogen and oxygen atoms in total. The van der Waals surface area contributed by atoms with Crippen molar-refractivity contribution < 1.29 is 22.7 Å². The van der Waals surface area contributed by atoms with E-state index in [1.54, 1.807) is 7.11 Å². The number of alkyl halides is 3. The molecule has 1 aromatic rings. The first-order chi connectivity index (χ1) is 9.82. The zero-order chi connectivity index (χ0) is 15.6. The number of amides is 1. The highest BCUT2D eigenvalue weighted by Crippen LogP contribution is 2.32. The Hall–Kier alpha value is -1.80. The number of carbonyl (C=O) groups excluding carboxylic acids is 1. The highest BCUT2D eigenvalue weighted by atomic mass is 19.4. The van der Waals surface area contributed by atoms with Gasteiger partial charge in [0.1, 0.15) is 0 Å². The first-order valence-electron chi connectivity index (χ1n) is 6.34. The minimum absolute atomic E-state index is 0.131. The molecule has 2 rings (SSSR count). The molecule has 0 aromatic heterocycles. The molecule has 1 amide bonds. The van der Waals surface area contributed by atoms with E-state index in [9.17, 15) is 18.0 Å². The Kier molecular flexibility index (Phi) is 4.38. The number of benzene rings is 1. The SMILES string of the molecule is CO[C@H]1CNCC1Nc1ccc(C(F)(F)F)cc1C(N)=O. The molecule has 2 atom stereocenters. The average molecular weight is 303 g/mol. The molecule has 1 aromatic carbocycles. The summed E-state index contributed by atoms with van der Waals surface area (Å²) < 4.78 is 43.3. The molecule has 1 fully saturated rings. The third-order valence-corrected chi connectivity index (χ3v) is 3.41. The Morgan fingerprint density at radius 1 is 1.43 bits per heavy atom. The molecular weight excluding hydrogens is 287 g/mol. The van der Waals surface area contributed by atoms with Gasteiger partial charge in [0.2, 0.25) is 0 Å². The number of anilines is 1. The Morgan fingerprint density at radius 2 is 2.14 bits per heavy atom. The molecule has 0 bridgehead atoms. The second-order valence-corrected chi connectivity index (χ2v) is 4.81. The Labute approximate surface area is 119 Å². The van der Waals surface area contributed by atoms with Crippen molar-refractivity contribution in [1.29, 1.82) is 0 Å². The van der Waals surface area contributed by atoms with Gasteiger partial charge in [-0.15, -0.1) is 0 Å². The summed E-state index contributed by atoms with van der Waals surface area (Å²) in [4.78, 5) is 11.4. The summed E-state index contributed by atoms with van der Waals surface area (Å²) in [5, 5.41) is 6.11. The predicted octanol–water partition coefficient (Wildman–Crippen LogP) is 1.20. The molecule has 8 heteroatoms. The smallest absolute Gasteiger partial charge is 0.378 e. The number of hydrogen-bond acceptors (Lipinski definition) is 4. The summed E-state index contributed by atoms with van der Waals surface area (Å²) in [6.07, 6.45) is -4.65. The van der Waals surface area contributed by atoms with Crippen LogP contribution in [0.3, 0.4) is 0 Å². The molecule has 1 aliphatic heterocycles. The zero-order valence-corrected chi connectivity index (χ0v) is 11.3. The van der Waals surface area contributed by atoms with Crippen LogP contribution in [0.25, 0.3) is 0 Å². The van der Waals surface area contributed by atoms with Crippen molar-refractivity contribution in [3.63, 3.8) is 0 Å². The lowest BCUT2D eigenvalue weighted by molar-refractivity contribution is -0.137. The molecule has 4 N–H and O–H groups in total. The number of hydrogen-bond donors (Lipinski definition) is 3. The van der Waals surface area contributed by atoms with Gasteiger partial charge in [-0.3, -0.25) is 4.79 Å². The fraction of sp³-hybridized carbons (Fsp3) is 0.462. The molecule has 1 aliphatic rings. The van der Waals surface area contributed by atoms with Crippen LogP contribution < -0.4 is 16.4 Å². The summed E-state index contributed by atoms with van der Waals surface area (Å²) in [7, 11) is 1.55. The fourth-order valence-corrected chi connectivity index (χ4v) is 2.30. The van der Waals surface area contributed by atoms with E-state index in [-0.39, 0.29) is 23.4 Å². The van der Waals surface area contributed by atoms with E-state index >= 15 is 0 Å². The van der Waals surface area contributed by atoms with Crippen molar-refractivity contribution in [2.45, 2.75) is 18.3 Å². The Bertz CT molecular complexity index is 534. The second-order valence-electron chi connectivity index (χ2n) is 4.81. The highest BCUT2D eigenvalue weighted by molar-refractivity contribution is 5.98. The minimum Gasteiger partial charge on any atom is -0.378 e. The van der Waals surface area contributed by atoms with E-state index < -0.39 is 17.6 Å². The van der Waals surface area contributed by atoms with Crippen molar-refractivity contribution in [1.82, 2.24) is 5.32 Å². The fourth-order valence-electron chi connectivity index (χ4n) is 2.30. The van der Waals surface area contributed by atoms with Crippen LogP contribution in [0.5, 0.6) is 0 Å². The molecule has 1 unspecified atom stereocenters. The van der Waals surface area contributed by atoms with Gasteiger partial charge in [-0.1, -0.05) is 0 Å². The number of primary amides is 1. The number of ether oxygens (including phenoxy) is 1. The van der Waals surface area contributed by atoms with Crippen LogP contribution in [0.2, 0.25) is 0 Å². The van der Waals surface area contributed by atoms with Gasteiger partial charge in [-0.05, 0) is 18.2 Å². The maximum Gasteiger partial charge on any atom is 0.416 e. The largest absolute Gasteiger partial charge is 0.416 e. The number of nitrogens with two attached hydrogens (primary N) is 1. The molecule has 0 radical (unpaired) electrons. The molecule has 1 saturated heterocycles. The predicted molar refractivity (Wildman–Crippen MR) is 71.0 cm³/mol. The van der Waals surface area contributed by atoms with Gasteiger partial charge < -0.3 is 21.1 Å². The van der Waals surface area contributed by atoms with Gasteiger partial charge in [0, 0.05) is 25.9 Å². The monoisotopic (exact) mass is 303 g/mol. The number of rotatable bonds is 4. The van der Waals surface area contributed by atoms with Gasteiger partial charge in [0.15, 0.2) is 0 Å². The van der Waals surface area contributed by atoms with Crippen LogP contribution >= 0.6 is 0 Å². The van der Waals surface area contributed by atoms with Crippen LogP contribution in [0, 0.1) is 0 Å². The van der Waals surface area contributed by atoms with Crippen molar-refractivity contribution in [3.8, 4) is 0 Å². The van der Waals surface area contributed by atoms with Gasteiger partial charge >= 0.3 is 6.18 Å². The quantitative estimate of drug-likeness (QED) is 0.781. The summed E-state index contributed by atoms with van der Waals surface area (Å²) in [5.41, 5.74) is 4.35. The summed E-state index contributed by atoms with van der Waals surface area (Å²) in [6, 6.07) is 2.74. The average Bonchev–Trinajstić information content (AvgIpc) is 2.84. The Balaban J connectivity index is 2.29. The Morgan fingerprint density at radius 3 is 2.71 bits per heavy atom. The van der Waals surface area contributed by atoms with Gasteiger partial charge in [0.05, 0.1) is 23.3 Å². The van der Waals surface area contributed by atoms with Crippen LogP contribution in [0.1, 0.15) is 15.9 Å². The molecule has 0 spiro atoms.